The highest BCUT2D eigenvalue weighted by atomic mass is 16.1. The van der Waals surface area contributed by atoms with Gasteiger partial charge >= 0.3 is 0 Å². The molecule has 60 valence electrons. The molecule has 2 heterocycles. The van der Waals surface area contributed by atoms with Crippen LogP contribution in [-0.2, 0) is 20.0 Å². The molecule has 1 aromatic heterocycles. The number of aromatic nitrogens is 2. The lowest BCUT2D eigenvalue weighted by atomic mass is 10.1. The van der Waals surface area contributed by atoms with Crippen molar-refractivity contribution in [1.82, 2.24) is 15.1 Å². The van der Waals surface area contributed by atoms with Crippen LogP contribution >= 0.6 is 0 Å². The highest BCUT2D eigenvalue weighted by molar-refractivity contribution is 5.19. The second kappa shape index (κ2) is 2.23. The fourth-order valence-corrected chi connectivity index (χ4v) is 1.47. The Hall–Kier alpha value is -1.03. The Kier molecular flexibility index (Phi) is 1.35. The van der Waals surface area contributed by atoms with E-state index in [-0.39, 0.29) is 5.56 Å². The normalized spacial score (nSPS) is 16.5. The maximum absolute atomic E-state index is 11.3. The number of rotatable bonds is 0. The first-order valence-corrected chi connectivity index (χ1v) is 3.76. The van der Waals surface area contributed by atoms with Crippen LogP contribution in [0.1, 0.15) is 11.3 Å². The monoisotopic (exact) mass is 153 g/mol. The Labute approximate surface area is 64.2 Å². The zero-order chi connectivity index (χ0) is 7.84. The van der Waals surface area contributed by atoms with Crippen LogP contribution in [0.25, 0.3) is 0 Å². The van der Waals surface area contributed by atoms with Gasteiger partial charge in [-0.2, -0.15) is 0 Å². The van der Waals surface area contributed by atoms with Crippen molar-refractivity contribution in [2.24, 2.45) is 7.05 Å². The minimum absolute atomic E-state index is 0.104. The van der Waals surface area contributed by atoms with Crippen LogP contribution in [0.2, 0.25) is 0 Å². The molecule has 0 radical (unpaired) electrons. The van der Waals surface area contributed by atoms with Crippen molar-refractivity contribution in [2.45, 2.75) is 13.0 Å². The fraction of sp³-hybridized carbons (Fsp3) is 0.571. The van der Waals surface area contributed by atoms with Crippen LogP contribution in [0, 0.1) is 0 Å². The summed E-state index contributed by atoms with van der Waals surface area (Å²) in [6, 6.07) is 0. The molecule has 1 aliphatic heterocycles. The van der Waals surface area contributed by atoms with Crippen LogP contribution in [0.4, 0.5) is 0 Å². The average Bonchev–Trinajstić information content (AvgIpc) is 2.30. The largest absolute Gasteiger partial charge is 0.312 e. The summed E-state index contributed by atoms with van der Waals surface area (Å²) >= 11 is 0. The molecule has 0 unspecified atom stereocenters. The first kappa shape index (κ1) is 6.67. The molecule has 0 fully saturated rings. The lowest BCUT2D eigenvalue weighted by Gasteiger charge is -2.09. The molecule has 0 atom stereocenters. The molecular formula is C7H11N3O. The Morgan fingerprint density at radius 3 is 3.09 bits per heavy atom. The van der Waals surface area contributed by atoms with E-state index in [2.05, 4.69) is 10.4 Å². The van der Waals surface area contributed by atoms with E-state index in [1.807, 2.05) is 0 Å². The maximum Gasteiger partial charge on any atom is 0.270 e. The van der Waals surface area contributed by atoms with Gasteiger partial charge in [-0.05, 0) is 0 Å². The predicted octanol–water partition coefficient (Wildman–Crippen LogP) is -0.641. The van der Waals surface area contributed by atoms with Gasteiger partial charge in [0.2, 0.25) is 0 Å². The number of fused-ring (bicyclic) bond motifs is 1. The summed E-state index contributed by atoms with van der Waals surface area (Å²) in [5, 5.41) is 6.19. The van der Waals surface area contributed by atoms with Crippen molar-refractivity contribution in [2.75, 3.05) is 6.54 Å². The number of nitrogens with zero attached hydrogens (tertiary/aromatic N) is 1. The SMILES string of the molecule is Cn1[nH]c2c(c1=O)CNCC2. The van der Waals surface area contributed by atoms with E-state index in [1.54, 1.807) is 7.05 Å². The minimum atomic E-state index is 0.104. The van der Waals surface area contributed by atoms with Gasteiger partial charge in [0.25, 0.3) is 5.56 Å². The van der Waals surface area contributed by atoms with Crippen molar-refractivity contribution < 1.29 is 0 Å². The van der Waals surface area contributed by atoms with Gasteiger partial charge in [-0.3, -0.25) is 14.6 Å². The third-order valence-electron chi connectivity index (χ3n) is 2.08. The van der Waals surface area contributed by atoms with E-state index in [4.69, 9.17) is 0 Å². The summed E-state index contributed by atoms with van der Waals surface area (Å²) in [6.07, 6.45) is 0.936. The van der Waals surface area contributed by atoms with Crippen LogP contribution in [-0.4, -0.2) is 16.3 Å². The molecule has 1 aliphatic rings. The van der Waals surface area contributed by atoms with E-state index in [0.717, 1.165) is 24.2 Å². The van der Waals surface area contributed by atoms with Gasteiger partial charge in [-0.25, -0.2) is 0 Å². The van der Waals surface area contributed by atoms with Crippen molar-refractivity contribution in [1.29, 1.82) is 0 Å². The molecule has 4 nitrogen and oxygen atoms in total. The molecule has 0 bridgehead atoms. The Bertz CT molecular complexity index is 323. The summed E-state index contributed by atoms with van der Waals surface area (Å²) in [6.45, 7) is 1.68. The lowest BCUT2D eigenvalue weighted by molar-refractivity contribution is 0.632. The third-order valence-corrected chi connectivity index (χ3v) is 2.08. The van der Waals surface area contributed by atoms with E-state index >= 15 is 0 Å². The summed E-state index contributed by atoms with van der Waals surface area (Å²) < 4.78 is 1.54. The second-order valence-electron chi connectivity index (χ2n) is 2.86. The Balaban J connectivity index is 2.59. The van der Waals surface area contributed by atoms with Crippen LogP contribution < -0.4 is 10.9 Å². The highest BCUT2D eigenvalue weighted by Crippen LogP contribution is 2.04. The molecule has 2 rings (SSSR count). The number of aryl methyl sites for hydroxylation is 1. The van der Waals surface area contributed by atoms with E-state index in [9.17, 15) is 4.79 Å². The zero-order valence-corrected chi connectivity index (χ0v) is 6.48. The number of aromatic amines is 1. The number of H-pyrrole nitrogens is 1. The molecule has 0 aliphatic carbocycles. The minimum Gasteiger partial charge on any atom is -0.312 e. The summed E-state index contributed by atoms with van der Waals surface area (Å²) in [7, 11) is 1.75. The van der Waals surface area contributed by atoms with Crippen molar-refractivity contribution in [3.05, 3.63) is 21.6 Å². The first-order chi connectivity index (χ1) is 5.29. The smallest absolute Gasteiger partial charge is 0.270 e. The summed E-state index contributed by atoms with van der Waals surface area (Å²) in [4.78, 5) is 11.3. The van der Waals surface area contributed by atoms with Gasteiger partial charge in [-0.1, -0.05) is 0 Å². The number of nitrogens with one attached hydrogen (secondary N) is 2. The van der Waals surface area contributed by atoms with Crippen LogP contribution in [0.5, 0.6) is 0 Å². The van der Waals surface area contributed by atoms with Gasteiger partial charge in [0.15, 0.2) is 0 Å². The predicted molar refractivity (Wildman–Crippen MR) is 41.4 cm³/mol. The van der Waals surface area contributed by atoms with Crippen molar-refractivity contribution in [3.8, 4) is 0 Å². The Morgan fingerprint density at radius 2 is 2.36 bits per heavy atom. The third kappa shape index (κ3) is 0.903. The van der Waals surface area contributed by atoms with Crippen LogP contribution in [0.15, 0.2) is 4.79 Å². The number of hydrogen-bond acceptors (Lipinski definition) is 2. The molecule has 0 saturated heterocycles. The topological polar surface area (TPSA) is 49.8 Å². The van der Waals surface area contributed by atoms with Crippen molar-refractivity contribution in [3.63, 3.8) is 0 Å². The zero-order valence-electron chi connectivity index (χ0n) is 6.48. The molecule has 11 heavy (non-hydrogen) atoms. The molecule has 2 N–H and O–H groups in total. The first-order valence-electron chi connectivity index (χ1n) is 3.76. The molecule has 4 heteroatoms. The quantitative estimate of drug-likeness (QED) is 0.521. The lowest BCUT2D eigenvalue weighted by Crippen LogP contribution is -2.27. The van der Waals surface area contributed by atoms with Crippen molar-refractivity contribution >= 4 is 0 Å². The van der Waals surface area contributed by atoms with Gasteiger partial charge in [0, 0.05) is 32.3 Å². The summed E-state index contributed by atoms with van der Waals surface area (Å²) in [5.74, 6) is 0. The molecule has 0 amide bonds. The van der Waals surface area contributed by atoms with Gasteiger partial charge in [-0.15, -0.1) is 0 Å². The summed E-state index contributed by atoms with van der Waals surface area (Å²) in [5.41, 5.74) is 2.10. The van der Waals surface area contributed by atoms with Gasteiger partial charge < -0.3 is 5.32 Å². The molecule has 0 spiro atoms. The molecule has 0 aromatic carbocycles. The van der Waals surface area contributed by atoms with E-state index in [1.165, 1.54) is 4.68 Å². The van der Waals surface area contributed by atoms with Crippen LogP contribution in [0.3, 0.4) is 0 Å². The molecule has 1 aromatic rings. The molecule has 0 saturated carbocycles. The van der Waals surface area contributed by atoms with Gasteiger partial charge in [0.05, 0.1) is 5.56 Å². The average molecular weight is 153 g/mol. The van der Waals surface area contributed by atoms with E-state index < -0.39 is 0 Å². The standard InChI is InChI=1S/C7H11N3O/c1-10-7(11)5-4-8-3-2-6(5)9-10/h8-9H,2-4H2,1H3. The fourth-order valence-electron chi connectivity index (χ4n) is 1.47. The maximum atomic E-state index is 11.3. The Morgan fingerprint density at radius 1 is 1.55 bits per heavy atom. The van der Waals surface area contributed by atoms with Gasteiger partial charge in [0.1, 0.15) is 0 Å². The molecular weight excluding hydrogens is 142 g/mol. The highest BCUT2D eigenvalue weighted by Gasteiger charge is 2.14. The van der Waals surface area contributed by atoms with E-state index in [0.29, 0.717) is 6.54 Å². The number of hydrogen-bond donors (Lipinski definition) is 2. The second-order valence-corrected chi connectivity index (χ2v) is 2.86.